The van der Waals surface area contributed by atoms with Crippen LogP contribution in [0.3, 0.4) is 0 Å². The van der Waals surface area contributed by atoms with E-state index in [0.29, 0.717) is 25.5 Å². The first kappa shape index (κ1) is 17.2. The van der Waals surface area contributed by atoms with E-state index in [1.807, 2.05) is 13.8 Å². The van der Waals surface area contributed by atoms with E-state index in [-0.39, 0.29) is 17.7 Å². The van der Waals surface area contributed by atoms with Gasteiger partial charge in [-0.3, -0.25) is 4.79 Å². The first-order valence-corrected chi connectivity index (χ1v) is 7.72. The highest BCUT2D eigenvalue weighted by Crippen LogP contribution is 2.18. The van der Waals surface area contributed by atoms with Crippen molar-refractivity contribution in [2.24, 2.45) is 5.92 Å². The van der Waals surface area contributed by atoms with Crippen molar-refractivity contribution < 1.29 is 24.2 Å². The lowest BCUT2D eigenvalue weighted by molar-refractivity contribution is -0.142. The minimum atomic E-state index is -1.07. The minimum Gasteiger partial charge on any atom is -0.480 e. The molecule has 7 nitrogen and oxygen atoms in total. The first-order valence-electron chi connectivity index (χ1n) is 7.72. The van der Waals surface area contributed by atoms with E-state index in [4.69, 9.17) is 9.47 Å². The van der Waals surface area contributed by atoms with Gasteiger partial charge in [0.2, 0.25) is 5.88 Å². The summed E-state index contributed by atoms with van der Waals surface area (Å²) in [5.41, 5.74) is 0.131. The van der Waals surface area contributed by atoms with E-state index in [1.54, 1.807) is 12.1 Å². The predicted molar refractivity (Wildman–Crippen MR) is 82.4 cm³/mol. The van der Waals surface area contributed by atoms with Crippen LogP contribution in [0.4, 0.5) is 0 Å². The standard InChI is InChI=1S/C16H22N2O5/c1-10(2)23-13-7-3-6-12(17-13)15(19)18-14(16(20)21)11-5-4-8-22-9-11/h3,6-7,10-11,14H,4-5,8-9H2,1-2H3,(H,18,19)(H,20,21)/t11-,14-/m0/s1. The molecule has 1 amide bonds. The number of ether oxygens (including phenoxy) is 2. The van der Waals surface area contributed by atoms with Crippen LogP contribution in [0, 0.1) is 5.92 Å². The van der Waals surface area contributed by atoms with Gasteiger partial charge < -0.3 is 19.9 Å². The summed E-state index contributed by atoms with van der Waals surface area (Å²) in [6.07, 6.45) is 1.44. The topological polar surface area (TPSA) is 97.8 Å². The molecule has 0 saturated carbocycles. The number of carbonyl (C=O) groups excluding carboxylic acids is 1. The van der Waals surface area contributed by atoms with Crippen LogP contribution >= 0.6 is 0 Å². The molecule has 2 atom stereocenters. The van der Waals surface area contributed by atoms with Crippen molar-refractivity contribution in [3.05, 3.63) is 23.9 Å². The van der Waals surface area contributed by atoms with E-state index in [9.17, 15) is 14.7 Å². The summed E-state index contributed by atoms with van der Waals surface area (Å²) in [6, 6.07) is 3.84. The van der Waals surface area contributed by atoms with Gasteiger partial charge in [0.1, 0.15) is 11.7 Å². The van der Waals surface area contributed by atoms with Gasteiger partial charge in [-0.05, 0) is 32.8 Å². The lowest BCUT2D eigenvalue weighted by Crippen LogP contribution is -2.48. The molecule has 7 heteroatoms. The summed E-state index contributed by atoms with van der Waals surface area (Å²) in [7, 11) is 0. The van der Waals surface area contributed by atoms with Crippen molar-refractivity contribution in [2.75, 3.05) is 13.2 Å². The van der Waals surface area contributed by atoms with Crippen molar-refractivity contribution in [2.45, 2.75) is 38.8 Å². The number of aromatic nitrogens is 1. The van der Waals surface area contributed by atoms with Crippen molar-refractivity contribution in [1.29, 1.82) is 0 Å². The molecule has 23 heavy (non-hydrogen) atoms. The smallest absolute Gasteiger partial charge is 0.326 e. The van der Waals surface area contributed by atoms with Gasteiger partial charge in [0.05, 0.1) is 12.7 Å². The third-order valence-corrected chi connectivity index (χ3v) is 3.53. The number of aliphatic carboxylic acids is 1. The van der Waals surface area contributed by atoms with Gasteiger partial charge in [-0.15, -0.1) is 0 Å². The largest absolute Gasteiger partial charge is 0.480 e. The highest BCUT2D eigenvalue weighted by atomic mass is 16.5. The van der Waals surface area contributed by atoms with Crippen LogP contribution in [0.15, 0.2) is 18.2 Å². The summed E-state index contributed by atoms with van der Waals surface area (Å²) in [5.74, 6) is -1.50. The minimum absolute atomic E-state index is 0.0630. The van der Waals surface area contributed by atoms with E-state index in [0.717, 1.165) is 6.42 Å². The Bertz CT molecular complexity index is 555. The Morgan fingerprint density at radius 2 is 2.22 bits per heavy atom. The number of amides is 1. The van der Waals surface area contributed by atoms with Gasteiger partial charge in [0.25, 0.3) is 5.91 Å². The molecule has 1 aromatic heterocycles. The highest BCUT2D eigenvalue weighted by Gasteiger charge is 2.31. The Morgan fingerprint density at radius 1 is 1.43 bits per heavy atom. The molecular weight excluding hydrogens is 300 g/mol. The maximum atomic E-state index is 12.3. The van der Waals surface area contributed by atoms with Gasteiger partial charge in [-0.25, -0.2) is 9.78 Å². The van der Waals surface area contributed by atoms with Crippen LogP contribution in [0.25, 0.3) is 0 Å². The van der Waals surface area contributed by atoms with Crippen LogP contribution in [0.2, 0.25) is 0 Å². The van der Waals surface area contributed by atoms with Crippen LogP contribution in [0.5, 0.6) is 5.88 Å². The Labute approximate surface area is 135 Å². The maximum absolute atomic E-state index is 12.3. The van der Waals surface area contributed by atoms with E-state index in [2.05, 4.69) is 10.3 Å². The average molecular weight is 322 g/mol. The van der Waals surface area contributed by atoms with E-state index < -0.39 is 17.9 Å². The maximum Gasteiger partial charge on any atom is 0.326 e. The quantitative estimate of drug-likeness (QED) is 0.823. The number of nitrogens with one attached hydrogen (secondary N) is 1. The number of carboxylic acid groups (broad SMARTS) is 1. The molecule has 0 bridgehead atoms. The molecule has 0 spiro atoms. The van der Waals surface area contributed by atoms with E-state index >= 15 is 0 Å². The molecule has 1 aromatic rings. The van der Waals surface area contributed by atoms with Crippen LogP contribution in [-0.2, 0) is 9.53 Å². The number of pyridine rings is 1. The van der Waals surface area contributed by atoms with Gasteiger partial charge in [0.15, 0.2) is 0 Å². The van der Waals surface area contributed by atoms with E-state index in [1.165, 1.54) is 6.07 Å². The molecular formula is C16H22N2O5. The molecule has 0 aliphatic carbocycles. The molecule has 0 unspecified atom stereocenters. The summed E-state index contributed by atoms with van der Waals surface area (Å²) < 4.78 is 10.8. The molecule has 126 valence electrons. The number of nitrogens with zero attached hydrogens (tertiary/aromatic N) is 1. The van der Waals surface area contributed by atoms with Gasteiger partial charge in [0, 0.05) is 18.6 Å². The second-order valence-electron chi connectivity index (χ2n) is 5.79. The second-order valence-corrected chi connectivity index (χ2v) is 5.79. The summed E-state index contributed by atoms with van der Waals surface area (Å²) in [4.78, 5) is 27.9. The first-order chi connectivity index (χ1) is 11.0. The van der Waals surface area contributed by atoms with Crippen LogP contribution in [-0.4, -0.2) is 47.3 Å². The van der Waals surface area contributed by atoms with Gasteiger partial charge in [-0.2, -0.15) is 0 Å². The normalized spacial score (nSPS) is 19.2. The number of hydrogen-bond acceptors (Lipinski definition) is 5. The molecule has 1 saturated heterocycles. The monoisotopic (exact) mass is 322 g/mol. The number of rotatable bonds is 6. The third-order valence-electron chi connectivity index (χ3n) is 3.53. The molecule has 1 aliphatic rings. The number of carboxylic acids is 1. The fourth-order valence-electron chi connectivity index (χ4n) is 2.47. The predicted octanol–water partition coefficient (Wildman–Crippen LogP) is 1.48. The average Bonchev–Trinajstić information content (AvgIpc) is 2.52. The lowest BCUT2D eigenvalue weighted by atomic mass is 9.93. The molecule has 2 heterocycles. The number of hydrogen-bond donors (Lipinski definition) is 2. The second kappa shape index (κ2) is 7.92. The van der Waals surface area contributed by atoms with Crippen molar-refractivity contribution in [1.82, 2.24) is 10.3 Å². The van der Waals surface area contributed by atoms with Crippen LogP contribution in [0.1, 0.15) is 37.2 Å². The molecule has 0 radical (unpaired) electrons. The lowest BCUT2D eigenvalue weighted by Gasteiger charge is -2.28. The zero-order valence-corrected chi connectivity index (χ0v) is 13.3. The Morgan fingerprint density at radius 3 is 2.83 bits per heavy atom. The zero-order valence-electron chi connectivity index (χ0n) is 13.3. The molecule has 2 N–H and O–H groups in total. The zero-order chi connectivity index (χ0) is 16.8. The summed E-state index contributed by atoms with van der Waals surface area (Å²) in [5, 5.41) is 11.9. The van der Waals surface area contributed by atoms with Crippen molar-refractivity contribution in [3.8, 4) is 5.88 Å². The van der Waals surface area contributed by atoms with Crippen LogP contribution < -0.4 is 10.1 Å². The fraction of sp³-hybridized carbons (Fsp3) is 0.562. The SMILES string of the molecule is CC(C)Oc1cccc(C(=O)N[C@H](C(=O)O)[C@H]2CCCOC2)n1. The molecule has 0 aromatic carbocycles. The third kappa shape index (κ3) is 4.92. The van der Waals surface area contributed by atoms with Crippen molar-refractivity contribution in [3.63, 3.8) is 0 Å². The molecule has 1 fully saturated rings. The Balaban J connectivity index is 2.07. The van der Waals surface area contributed by atoms with Crippen molar-refractivity contribution >= 4 is 11.9 Å². The Kier molecular flexibility index (Phi) is 5.92. The summed E-state index contributed by atoms with van der Waals surface area (Å²) in [6.45, 7) is 4.68. The number of carbonyl (C=O) groups is 2. The van der Waals surface area contributed by atoms with Gasteiger partial charge in [-0.1, -0.05) is 6.07 Å². The summed E-state index contributed by atoms with van der Waals surface area (Å²) >= 11 is 0. The molecule has 2 rings (SSSR count). The van der Waals surface area contributed by atoms with Gasteiger partial charge >= 0.3 is 5.97 Å². The Hall–Kier alpha value is -2.15. The fourth-order valence-corrected chi connectivity index (χ4v) is 2.47. The molecule has 1 aliphatic heterocycles. The highest BCUT2D eigenvalue weighted by molar-refractivity contribution is 5.95.